The fourth-order valence-electron chi connectivity index (χ4n) is 1.92. The van der Waals surface area contributed by atoms with E-state index in [2.05, 4.69) is 26.6 Å². The second-order valence-corrected chi connectivity index (χ2v) is 5.24. The van der Waals surface area contributed by atoms with Crippen molar-refractivity contribution >= 4 is 21.8 Å². The summed E-state index contributed by atoms with van der Waals surface area (Å²) in [6.07, 6.45) is 1.29. The zero-order valence-corrected chi connectivity index (χ0v) is 13.0. The maximum atomic E-state index is 11.4. The summed E-state index contributed by atoms with van der Waals surface area (Å²) in [7, 11) is 0. The first-order valence-electron chi connectivity index (χ1n) is 6.57. The largest absolute Gasteiger partial charge is 0.508 e. The number of hydrogen-bond donors (Lipinski definition) is 3. The van der Waals surface area contributed by atoms with Crippen LogP contribution in [-0.2, 0) is 4.79 Å². The topological polar surface area (TPSA) is 61.4 Å². The number of phenols is 1. The molecule has 5 heteroatoms. The Balaban J connectivity index is 2.58. The molecule has 0 aliphatic heterocycles. The number of carbonyl (C=O) groups excluding carboxylic acids is 1. The molecule has 0 spiro atoms. The van der Waals surface area contributed by atoms with Crippen molar-refractivity contribution in [2.24, 2.45) is 0 Å². The molecule has 1 rings (SSSR count). The lowest BCUT2D eigenvalue weighted by molar-refractivity contribution is -0.120. The number of halogens is 1. The maximum absolute atomic E-state index is 11.4. The van der Waals surface area contributed by atoms with E-state index in [0.29, 0.717) is 19.5 Å². The van der Waals surface area contributed by atoms with Crippen LogP contribution in [0.4, 0.5) is 0 Å². The van der Waals surface area contributed by atoms with Gasteiger partial charge in [-0.15, -0.1) is 0 Å². The molecule has 0 fully saturated rings. The molecular formula is C14H21BrN2O2. The lowest BCUT2D eigenvalue weighted by Gasteiger charge is -2.18. The van der Waals surface area contributed by atoms with Crippen molar-refractivity contribution < 1.29 is 9.90 Å². The van der Waals surface area contributed by atoms with Crippen molar-refractivity contribution in [3.8, 4) is 5.75 Å². The van der Waals surface area contributed by atoms with Gasteiger partial charge in [0.25, 0.3) is 0 Å². The Morgan fingerprint density at radius 1 is 1.42 bits per heavy atom. The van der Waals surface area contributed by atoms with E-state index in [9.17, 15) is 9.90 Å². The zero-order chi connectivity index (χ0) is 14.3. The minimum atomic E-state index is 0.0447. The van der Waals surface area contributed by atoms with Crippen LogP contribution in [0, 0.1) is 0 Å². The summed E-state index contributed by atoms with van der Waals surface area (Å²) in [6.45, 7) is 5.20. The second kappa shape index (κ2) is 8.17. The van der Waals surface area contributed by atoms with Gasteiger partial charge in [0, 0.05) is 35.6 Å². The van der Waals surface area contributed by atoms with Crippen LogP contribution in [0.1, 0.15) is 38.3 Å². The highest BCUT2D eigenvalue weighted by molar-refractivity contribution is 9.10. The molecule has 0 aliphatic rings. The van der Waals surface area contributed by atoms with E-state index < -0.39 is 0 Å². The minimum Gasteiger partial charge on any atom is -0.508 e. The van der Waals surface area contributed by atoms with Gasteiger partial charge >= 0.3 is 0 Å². The van der Waals surface area contributed by atoms with Gasteiger partial charge in [-0.25, -0.2) is 0 Å². The van der Waals surface area contributed by atoms with E-state index in [1.807, 2.05) is 19.9 Å². The second-order valence-electron chi connectivity index (χ2n) is 4.32. The molecule has 0 radical (unpaired) electrons. The number of amides is 1. The fraction of sp³-hybridized carbons (Fsp3) is 0.500. The van der Waals surface area contributed by atoms with E-state index in [1.165, 1.54) is 0 Å². The van der Waals surface area contributed by atoms with Gasteiger partial charge in [0.05, 0.1) is 0 Å². The van der Waals surface area contributed by atoms with Gasteiger partial charge in [-0.2, -0.15) is 0 Å². The lowest BCUT2D eigenvalue weighted by atomic mass is 10.0. The number of phenolic OH excluding ortho intramolecular Hbond substituents is 1. The van der Waals surface area contributed by atoms with Crippen LogP contribution in [0.3, 0.4) is 0 Å². The smallest absolute Gasteiger partial charge is 0.221 e. The molecule has 1 aromatic carbocycles. The Bertz CT molecular complexity index is 424. The van der Waals surface area contributed by atoms with Gasteiger partial charge < -0.3 is 15.7 Å². The molecule has 0 aromatic heterocycles. The summed E-state index contributed by atoms with van der Waals surface area (Å²) in [4.78, 5) is 11.4. The monoisotopic (exact) mass is 328 g/mol. The Labute approximate surface area is 122 Å². The molecule has 1 atom stereocenters. The van der Waals surface area contributed by atoms with E-state index in [1.54, 1.807) is 12.1 Å². The molecule has 106 valence electrons. The molecule has 0 saturated heterocycles. The number of hydrogen-bond acceptors (Lipinski definition) is 3. The van der Waals surface area contributed by atoms with Gasteiger partial charge in [-0.3, -0.25) is 4.79 Å². The number of nitrogens with one attached hydrogen (secondary N) is 2. The van der Waals surface area contributed by atoms with Crippen molar-refractivity contribution in [3.63, 3.8) is 0 Å². The van der Waals surface area contributed by atoms with Crippen LogP contribution in [0.15, 0.2) is 22.7 Å². The van der Waals surface area contributed by atoms with E-state index in [0.717, 1.165) is 16.5 Å². The lowest BCUT2D eigenvalue weighted by Crippen LogP contribution is -2.29. The van der Waals surface area contributed by atoms with Crippen molar-refractivity contribution in [2.45, 2.75) is 32.7 Å². The molecule has 0 heterocycles. The van der Waals surface area contributed by atoms with Crippen molar-refractivity contribution in [1.82, 2.24) is 10.6 Å². The maximum Gasteiger partial charge on any atom is 0.221 e. The minimum absolute atomic E-state index is 0.0447. The van der Waals surface area contributed by atoms with Crippen LogP contribution < -0.4 is 10.6 Å². The summed E-state index contributed by atoms with van der Waals surface area (Å²) in [5.74, 6) is 0.323. The van der Waals surface area contributed by atoms with Crippen LogP contribution >= 0.6 is 15.9 Å². The van der Waals surface area contributed by atoms with Gasteiger partial charge in [0.1, 0.15) is 5.75 Å². The van der Waals surface area contributed by atoms with E-state index in [4.69, 9.17) is 0 Å². The molecule has 1 amide bonds. The first kappa shape index (κ1) is 16.0. The zero-order valence-electron chi connectivity index (χ0n) is 11.4. The third-order valence-corrected chi connectivity index (χ3v) is 3.38. The van der Waals surface area contributed by atoms with Crippen molar-refractivity contribution in [3.05, 3.63) is 28.2 Å². The molecule has 3 N–H and O–H groups in total. The summed E-state index contributed by atoms with van der Waals surface area (Å²) < 4.78 is 0.935. The quantitative estimate of drug-likeness (QED) is 0.721. The first-order valence-corrected chi connectivity index (χ1v) is 7.36. The Morgan fingerprint density at radius 2 is 2.16 bits per heavy atom. The normalized spacial score (nSPS) is 12.2. The highest BCUT2D eigenvalue weighted by atomic mass is 79.9. The third kappa shape index (κ3) is 5.20. The summed E-state index contributed by atoms with van der Waals surface area (Å²) in [6, 6.07) is 5.43. The fourth-order valence-corrected chi connectivity index (χ4v) is 2.30. The number of rotatable bonds is 7. The van der Waals surface area contributed by atoms with Crippen LogP contribution in [0.2, 0.25) is 0 Å². The highest BCUT2D eigenvalue weighted by Crippen LogP contribution is 2.29. The van der Waals surface area contributed by atoms with Crippen LogP contribution in [0.5, 0.6) is 5.75 Å². The van der Waals surface area contributed by atoms with E-state index >= 15 is 0 Å². The van der Waals surface area contributed by atoms with Gasteiger partial charge in [-0.05, 0) is 31.5 Å². The average molecular weight is 329 g/mol. The molecule has 19 heavy (non-hydrogen) atoms. The predicted octanol–water partition coefficient (Wildman–Crippen LogP) is 2.72. The number of aromatic hydroxyl groups is 1. The molecule has 0 bridgehead atoms. The van der Waals surface area contributed by atoms with Crippen LogP contribution in [0.25, 0.3) is 0 Å². The summed E-state index contributed by atoms with van der Waals surface area (Å²) >= 11 is 3.40. The molecule has 1 aromatic rings. The number of carbonyl (C=O) groups is 1. The third-order valence-electron chi connectivity index (χ3n) is 2.89. The molecule has 0 aliphatic carbocycles. The van der Waals surface area contributed by atoms with Crippen LogP contribution in [-0.4, -0.2) is 24.1 Å². The van der Waals surface area contributed by atoms with Crippen molar-refractivity contribution in [1.29, 1.82) is 0 Å². The average Bonchev–Trinajstić information content (AvgIpc) is 2.38. The summed E-state index contributed by atoms with van der Waals surface area (Å²) in [5.41, 5.74) is 0.854. The highest BCUT2D eigenvalue weighted by Gasteiger charge is 2.13. The number of benzene rings is 1. The predicted molar refractivity (Wildman–Crippen MR) is 80.1 cm³/mol. The van der Waals surface area contributed by atoms with Gasteiger partial charge in [0.15, 0.2) is 0 Å². The standard InChI is InChI=1S/C14H21BrN2O2/c1-3-12(17-8-7-14(19)16-4-2)11-9-10(15)5-6-13(11)18/h5-6,9,12,17-18H,3-4,7-8H2,1-2H3,(H,16,19). The van der Waals surface area contributed by atoms with Gasteiger partial charge in [0.2, 0.25) is 5.91 Å². The molecule has 0 saturated carbocycles. The Kier molecular flexibility index (Phi) is 6.87. The molecule has 4 nitrogen and oxygen atoms in total. The molecule has 1 unspecified atom stereocenters. The van der Waals surface area contributed by atoms with E-state index in [-0.39, 0.29) is 17.7 Å². The Morgan fingerprint density at radius 3 is 2.79 bits per heavy atom. The summed E-state index contributed by atoms with van der Waals surface area (Å²) in [5, 5.41) is 16.0. The SMILES string of the molecule is CCNC(=O)CCNC(CC)c1cc(Br)ccc1O. The first-order chi connectivity index (χ1) is 9.08. The molecular weight excluding hydrogens is 308 g/mol. The van der Waals surface area contributed by atoms with Gasteiger partial charge in [-0.1, -0.05) is 22.9 Å². The van der Waals surface area contributed by atoms with Crippen molar-refractivity contribution in [2.75, 3.05) is 13.1 Å². The Hall–Kier alpha value is -1.07.